The Bertz CT molecular complexity index is 2760. The Hall–Kier alpha value is -7.19. The third-order valence-electron chi connectivity index (χ3n) is 10.5. The second-order valence-electron chi connectivity index (χ2n) is 16.6. The molecular weight excluding hydrogens is 903 g/mol. The van der Waals surface area contributed by atoms with E-state index in [1.54, 1.807) is 132 Å². The van der Waals surface area contributed by atoms with Crippen molar-refractivity contribution in [2.75, 3.05) is 33.9 Å². The van der Waals surface area contributed by atoms with Crippen LogP contribution in [-0.4, -0.2) is 59.9 Å². The molecule has 6 aromatic rings. The van der Waals surface area contributed by atoms with Gasteiger partial charge < -0.3 is 33.5 Å². The number of rotatable bonds is 22. The zero-order valence-corrected chi connectivity index (χ0v) is 39.9. The normalized spacial score (nSPS) is 13.2. The molecule has 6 aromatic carbocycles. The number of carbonyl (C=O) groups excluding carboxylic acids is 2. The highest BCUT2D eigenvalue weighted by molar-refractivity contribution is 8.25. The minimum atomic E-state index is -1.50. The summed E-state index contributed by atoms with van der Waals surface area (Å²) in [6, 6.07) is 43.5. The van der Waals surface area contributed by atoms with Gasteiger partial charge >= 0.3 is 11.9 Å². The van der Waals surface area contributed by atoms with Crippen LogP contribution in [0.3, 0.4) is 0 Å². The second-order valence-corrected chi connectivity index (χ2v) is 18.8. The molecule has 0 saturated heterocycles. The minimum Gasteiger partial charge on any atom is -0.497 e. The summed E-state index contributed by atoms with van der Waals surface area (Å²) in [4.78, 5) is 28.8. The molecule has 0 aliphatic heterocycles. The van der Waals surface area contributed by atoms with E-state index in [-0.39, 0.29) is 26.1 Å². The summed E-state index contributed by atoms with van der Waals surface area (Å²) < 4.78 is 32.7. The first kappa shape index (κ1) is 50.2. The van der Waals surface area contributed by atoms with E-state index in [1.165, 1.54) is 0 Å². The Morgan fingerprint density at radius 2 is 1.07 bits per heavy atom. The van der Waals surface area contributed by atoms with Crippen LogP contribution in [0.15, 0.2) is 160 Å². The van der Waals surface area contributed by atoms with Crippen LogP contribution in [0.2, 0.25) is 0 Å². The van der Waals surface area contributed by atoms with Gasteiger partial charge in [-0.25, -0.2) is 0 Å². The first-order valence-electron chi connectivity index (χ1n) is 21.5. The molecule has 0 aliphatic rings. The molecule has 0 bridgehead atoms. The van der Waals surface area contributed by atoms with Gasteiger partial charge in [-0.2, -0.15) is 25.7 Å². The van der Waals surface area contributed by atoms with E-state index in [2.05, 4.69) is 26.5 Å². The van der Waals surface area contributed by atoms with E-state index in [9.17, 15) is 14.9 Å². The van der Waals surface area contributed by atoms with Gasteiger partial charge in [0.15, 0.2) is 0 Å². The Morgan fingerprint density at radius 3 is 1.56 bits per heavy atom. The smallest absolute Gasteiger partial charge is 0.325 e. The summed E-state index contributed by atoms with van der Waals surface area (Å²) in [7, 11) is 1.59. The quantitative estimate of drug-likeness (QED) is 0.0294. The predicted molar refractivity (Wildman–Crippen MR) is 265 cm³/mol. The summed E-state index contributed by atoms with van der Waals surface area (Å²) in [6.07, 6.45) is -0.110. The fourth-order valence-electron chi connectivity index (χ4n) is 7.28. The maximum absolute atomic E-state index is 14.5. The number of thiocarbonyl (C=S) groups is 1. The molecule has 0 fully saturated rings. The number of nitrogens with zero attached hydrogens (tertiary/aromatic N) is 5. The van der Waals surface area contributed by atoms with Crippen LogP contribution in [0.5, 0.6) is 23.0 Å². The molecule has 0 spiro atoms. The first-order chi connectivity index (χ1) is 32.7. The van der Waals surface area contributed by atoms with Gasteiger partial charge in [-0.05, 0) is 148 Å². The van der Waals surface area contributed by atoms with Gasteiger partial charge in [0, 0.05) is 5.56 Å². The second kappa shape index (κ2) is 23.5. The summed E-state index contributed by atoms with van der Waals surface area (Å²) in [6.45, 7) is 6.00. The molecule has 2 atom stereocenters. The van der Waals surface area contributed by atoms with Crippen molar-refractivity contribution in [1.82, 2.24) is 0 Å². The van der Waals surface area contributed by atoms with Crippen LogP contribution in [0, 0.1) is 22.2 Å². The molecule has 2 unspecified atom stereocenters. The summed E-state index contributed by atoms with van der Waals surface area (Å²) in [5, 5.41) is 38.0. The zero-order valence-electron chi connectivity index (χ0n) is 38.3. The molecule has 1 N–H and O–H groups in total. The first-order valence-corrected chi connectivity index (χ1v) is 22.7. The van der Waals surface area contributed by atoms with Gasteiger partial charge in [-0.1, -0.05) is 66.4 Å². The number of ether oxygens (including phenoxy) is 6. The number of nitriles is 1. The molecule has 0 saturated carbocycles. The Morgan fingerprint density at radius 1 is 0.618 bits per heavy atom. The highest BCUT2D eigenvalue weighted by Crippen LogP contribution is 2.47. The average molecular weight is 954 g/mol. The van der Waals surface area contributed by atoms with Crippen molar-refractivity contribution in [3.05, 3.63) is 145 Å². The molecule has 0 amide bonds. The molecule has 0 heterocycles. The highest BCUT2D eigenvalue weighted by Gasteiger charge is 2.50. The Kier molecular flexibility index (Phi) is 17.4. The summed E-state index contributed by atoms with van der Waals surface area (Å²) >= 11 is 7.15. The number of hydrogen-bond donors (Lipinski definition) is 1. The minimum absolute atomic E-state index is 0.0244. The van der Waals surface area contributed by atoms with E-state index >= 15 is 0 Å². The van der Waals surface area contributed by atoms with Crippen molar-refractivity contribution in [2.24, 2.45) is 31.3 Å². The maximum atomic E-state index is 14.5. The number of hydrogen-bond acceptors (Lipinski definition) is 16. The number of thioether (sulfide) groups is 1. The van der Waals surface area contributed by atoms with Gasteiger partial charge in [0.05, 0.1) is 57.6 Å². The molecule has 0 aromatic heterocycles. The highest BCUT2D eigenvalue weighted by atomic mass is 32.2. The number of carbonyl (C=O) groups is 2. The van der Waals surface area contributed by atoms with Crippen molar-refractivity contribution < 1.29 is 43.1 Å². The number of fused-ring (bicyclic) bond motifs is 1. The number of aliphatic hydroxyl groups is 1. The number of esters is 2. The lowest BCUT2D eigenvalue weighted by molar-refractivity contribution is -0.166. The fourth-order valence-corrected chi connectivity index (χ4v) is 9.24. The molecule has 14 nitrogen and oxygen atoms in total. The Labute approximate surface area is 404 Å². The van der Waals surface area contributed by atoms with Crippen molar-refractivity contribution in [1.29, 1.82) is 5.26 Å². The molecule has 350 valence electrons. The van der Waals surface area contributed by atoms with E-state index < -0.39 is 41.1 Å². The van der Waals surface area contributed by atoms with Crippen LogP contribution in [0.4, 0.5) is 22.7 Å². The molecule has 0 aliphatic carbocycles. The Balaban J connectivity index is 1.15. The molecule has 16 heteroatoms. The monoisotopic (exact) mass is 953 g/mol. The van der Waals surface area contributed by atoms with E-state index in [0.29, 0.717) is 49.9 Å². The van der Waals surface area contributed by atoms with Gasteiger partial charge in [0.1, 0.15) is 34.4 Å². The van der Waals surface area contributed by atoms with Crippen molar-refractivity contribution in [3.8, 4) is 29.1 Å². The fraction of sp³-hybridized carbons (Fsp3) is 0.269. The molecule has 68 heavy (non-hydrogen) atoms. The zero-order chi connectivity index (χ0) is 48.6. The van der Waals surface area contributed by atoms with E-state index in [1.807, 2.05) is 42.5 Å². The van der Waals surface area contributed by atoms with Crippen molar-refractivity contribution >= 4 is 73.6 Å². The van der Waals surface area contributed by atoms with Crippen LogP contribution >= 0.6 is 24.0 Å². The van der Waals surface area contributed by atoms with E-state index in [0.717, 1.165) is 28.1 Å². The lowest BCUT2D eigenvalue weighted by Gasteiger charge is -2.38. The lowest BCUT2D eigenvalue weighted by Crippen LogP contribution is -2.45. The number of aliphatic hydroxyl groups excluding tert-OH is 1. The number of azo groups is 2. The molecule has 0 radical (unpaired) electrons. The van der Waals surface area contributed by atoms with Gasteiger partial charge in [-0.15, -0.1) is 0 Å². The van der Waals surface area contributed by atoms with Crippen molar-refractivity contribution in [3.63, 3.8) is 0 Å². The largest absolute Gasteiger partial charge is 0.497 e. The van der Waals surface area contributed by atoms with Gasteiger partial charge in [-0.3, -0.25) is 9.59 Å². The topological polar surface area (TPSA) is 183 Å². The average Bonchev–Trinajstić information content (AvgIpc) is 3.35. The summed E-state index contributed by atoms with van der Waals surface area (Å²) in [5.41, 5.74) is 0.696. The van der Waals surface area contributed by atoms with Crippen molar-refractivity contribution in [2.45, 2.75) is 45.3 Å². The third-order valence-corrected chi connectivity index (χ3v) is 12.1. The van der Waals surface area contributed by atoms with E-state index in [4.69, 9.17) is 45.7 Å². The number of methoxy groups -OCH3 is 1. The molecule has 6 rings (SSSR count). The van der Waals surface area contributed by atoms with Crippen LogP contribution < -0.4 is 18.9 Å². The van der Waals surface area contributed by atoms with Gasteiger partial charge in [0.2, 0.25) is 13.6 Å². The lowest BCUT2D eigenvalue weighted by atomic mass is 9.70. The number of benzene rings is 6. The third kappa shape index (κ3) is 14.2. The predicted octanol–water partition coefficient (Wildman–Crippen LogP) is 12.7. The van der Waals surface area contributed by atoms with Crippen LogP contribution in [0.1, 0.15) is 46.1 Å². The van der Waals surface area contributed by atoms with Gasteiger partial charge in [0.25, 0.3) is 0 Å². The van der Waals surface area contributed by atoms with Crippen LogP contribution in [0.25, 0.3) is 10.8 Å². The maximum Gasteiger partial charge on any atom is 0.325 e. The summed E-state index contributed by atoms with van der Waals surface area (Å²) in [5.74, 6) is 0.761. The molecular formula is C52H51N5O9S2. The van der Waals surface area contributed by atoms with Crippen LogP contribution in [-0.2, 0) is 19.1 Å². The SMILES string of the molecule is COc1ccc(N=Nc2ccc(OCOC(=O)C(C)(CC(C)(CC(C)(C)C#N)C(=O)OCOc3ccc(N=Nc4ccc(OCCO)cc4)cc3)SC(=S)c3cccc4ccccc34)cc2)cc1. The standard InChI is InChI=1S/C52H51N5O9S2/c1-50(2,33-53)31-51(3,48(59)65-34-63-43-25-17-40(18-26-43)57-55-38-15-23-42(24-16-38)62-30-29-58)32-52(4,68-47(67)46-12-8-10-36-9-6-7-11-45(36)46)49(60)66-35-64-44-27-19-39(20-28-44)56-54-37-13-21-41(61-5)22-14-37/h6-28,58H,29-32,34-35H2,1-5H3.